The molecule has 0 aliphatic heterocycles. The third kappa shape index (κ3) is 3.46. The van der Waals surface area contributed by atoms with Gasteiger partial charge in [0.1, 0.15) is 9.84 Å². The van der Waals surface area contributed by atoms with E-state index in [0.717, 1.165) is 24.8 Å². The smallest absolute Gasteiger partial charge is 0.150 e. The Bertz CT molecular complexity index is 512. The second-order valence-corrected chi connectivity index (χ2v) is 10.2. The van der Waals surface area contributed by atoms with Crippen molar-refractivity contribution in [3.05, 3.63) is 19.9 Å². The van der Waals surface area contributed by atoms with Gasteiger partial charge >= 0.3 is 0 Å². The molecule has 2 rings (SSSR count). The zero-order valence-electron chi connectivity index (χ0n) is 10.3. The van der Waals surface area contributed by atoms with Crippen molar-refractivity contribution in [1.29, 1.82) is 0 Å². The number of nitrogens with two attached hydrogens (primary N) is 1. The second-order valence-electron chi connectivity index (χ2n) is 5.09. The Morgan fingerprint density at radius 2 is 2.22 bits per heavy atom. The Morgan fingerprint density at radius 3 is 2.78 bits per heavy atom. The molecule has 18 heavy (non-hydrogen) atoms. The van der Waals surface area contributed by atoms with Gasteiger partial charge in [-0.05, 0) is 64.8 Å². The van der Waals surface area contributed by atoms with Crippen molar-refractivity contribution in [1.82, 2.24) is 0 Å². The number of hydrogen-bond donors (Lipinski definition) is 1. The first-order valence-corrected chi connectivity index (χ1v) is 9.97. The van der Waals surface area contributed by atoms with Crippen LogP contribution in [-0.4, -0.2) is 19.9 Å². The molecule has 0 spiro atoms. The molecular formula is C12H18INO2S2. The fraction of sp³-hybridized carbons (Fsp3) is 0.667. The van der Waals surface area contributed by atoms with Crippen molar-refractivity contribution in [3.8, 4) is 0 Å². The maximum Gasteiger partial charge on any atom is 0.150 e. The fourth-order valence-electron chi connectivity index (χ4n) is 2.67. The van der Waals surface area contributed by atoms with Crippen LogP contribution in [0.15, 0.2) is 11.4 Å². The van der Waals surface area contributed by atoms with Gasteiger partial charge in [-0.3, -0.25) is 0 Å². The van der Waals surface area contributed by atoms with E-state index < -0.39 is 9.84 Å². The Morgan fingerprint density at radius 1 is 1.50 bits per heavy atom. The lowest BCUT2D eigenvalue weighted by Crippen LogP contribution is -2.32. The van der Waals surface area contributed by atoms with E-state index in [-0.39, 0.29) is 11.3 Å². The topological polar surface area (TPSA) is 60.2 Å². The van der Waals surface area contributed by atoms with Gasteiger partial charge < -0.3 is 5.73 Å². The van der Waals surface area contributed by atoms with Crippen molar-refractivity contribution in [3.63, 3.8) is 0 Å². The average molecular weight is 399 g/mol. The summed E-state index contributed by atoms with van der Waals surface area (Å²) < 4.78 is 24.5. The van der Waals surface area contributed by atoms with Crippen LogP contribution in [-0.2, 0) is 9.84 Å². The summed E-state index contributed by atoms with van der Waals surface area (Å²) in [6, 6.07) is 2.09. The van der Waals surface area contributed by atoms with Gasteiger partial charge in [0.15, 0.2) is 0 Å². The summed E-state index contributed by atoms with van der Waals surface area (Å²) in [7, 11) is -2.92. The molecule has 1 heterocycles. The van der Waals surface area contributed by atoms with E-state index >= 15 is 0 Å². The van der Waals surface area contributed by atoms with E-state index in [1.165, 1.54) is 9.14 Å². The predicted octanol–water partition coefficient (Wildman–Crippen LogP) is 2.96. The lowest BCUT2D eigenvalue weighted by atomic mass is 9.82. The van der Waals surface area contributed by atoms with Crippen LogP contribution in [0.1, 0.15) is 37.3 Å². The van der Waals surface area contributed by atoms with Crippen molar-refractivity contribution < 1.29 is 8.42 Å². The average Bonchev–Trinajstić information content (AvgIpc) is 2.74. The van der Waals surface area contributed by atoms with Gasteiger partial charge in [0.25, 0.3) is 0 Å². The third-order valence-electron chi connectivity index (χ3n) is 3.75. The summed E-state index contributed by atoms with van der Waals surface area (Å²) in [4.78, 5) is 0. The molecule has 1 aliphatic carbocycles. The summed E-state index contributed by atoms with van der Waals surface area (Å²) in [5, 5.41) is 1.90. The van der Waals surface area contributed by atoms with Gasteiger partial charge in [-0.1, -0.05) is 6.42 Å². The van der Waals surface area contributed by atoms with Crippen LogP contribution in [0.25, 0.3) is 0 Å². The van der Waals surface area contributed by atoms with E-state index in [1.807, 2.05) is 0 Å². The summed E-state index contributed by atoms with van der Waals surface area (Å²) >= 11 is 3.98. The molecule has 3 nitrogen and oxygen atoms in total. The summed E-state index contributed by atoms with van der Waals surface area (Å²) in [6.45, 7) is 0. The highest BCUT2D eigenvalue weighted by Crippen LogP contribution is 2.36. The normalized spacial score (nSPS) is 27.1. The first-order chi connectivity index (χ1) is 8.38. The van der Waals surface area contributed by atoms with Crippen molar-refractivity contribution in [2.24, 2.45) is 11.7 Å². The molecule has 1 fully saturated rings. The lowest BCUT2D eigenvalue weighted by molar-refractivity contribution is 0.309. The summed E-state index contributed by atoms with van der Waals surface area (Å²) in [6.07, 6.45) is 4.87. The maximum atomic E-state index is 11.7. The van der Waals surface area contributed by atoms with Crippen LogP contribution in [0, 0.1) is 8.80 Å². The molecule has 6 heteroatoms. The third-order valence-corrected chi connectivity index (χ3v) is 7.20. The van der Waals surface area contributed by atoms with Crippen LogP contribution >= 0.6 is 33.9 Å². The first kappa shape index (κ1) is 14.7. The molecule has 0 radical (unpaired) electrons. The molecule has 1 aliphatic rings. The summed E-state index contributed by atoms with van der Waals surface area (Å²) in [5.41, 5.74) is 7.45. The minimum Gasteiger partial charge on any atom is -0.324 e. The van der Waals surface area contributed by atoms with E-state index in [4.69, 9.17) is 5.73 Å². The zero-order chi connectivity index (χ0) is 13.3. The van der Waals surface area contributed by atoms with E-state index in [0.29, 0.717) is 12.3 Å². The van der Waals surface area contributed by atoms with Crippen LogP contribution < -0.4 is 5.73 Å². The largest absolute Gasteiger partial charge is 0.324 e. The first-order valence-electron chi connectivity index (χ1n) is 6.06. The quantitative estimate of drug-likeness (QED) is 0.796. The predicted molar refractivity (Wildman–Crippen MR) is 84.6 cm³/mol. The SMILES string of the molecule is CS(=O)(=O)C1CCCC(C(N)c2csc(I)c2)C1. The Kier molecular flexibility index (Phi) is 4.72. The molecule has 1 aromatic rings. The molecule has 102 valence electrons. The highest BCUT2D eigenvalue weighted by Gasteiger charge is 2.32. The van der Waals surface area contributed by atoms with Gasteiger partial charge in [0.05, 0.1) is 8.13 Å². The number of hydrogen-bond acceptors (Lipinski definition) is 4. The molecule has 0 aromatic carbocycles. The monoisotopic (exact) mass is 399 g/mol. The number of sulfone groups is 1. The minimum absolute atomic E-state index is 0.0192. The number of halogens is 1. The van der Waals surface area contributed by atoms with Gasteiger partial charge in [-0.25, -0.2) is 8.42 Å². The molecule has 2 N–H and O–H groups in total. The molecule has 1 aromatic heterocycles. The molecule has 1 saturated carbocycles. The standard InChI is InChI=1S/C12H18INO2S2/c1-18(15,16)10-4-2-3-8(5-10)12(14)9-6-11(13)17-7-9/h6-8,10,12H,2-5,14H2,1H3. The fourth-order valence-corrected chi connectivity index (χ4v) is 5.28. The molecule has 3 atom stereocenters. The van der Waals surface area contributed by atoms with Crippen LogP contribution in [0.5, 0.6) is 0 Å². The van der Waals surface area contributed by atoms with Gasteiger partial charge in [0.2, 0.25) is 0 Å². The molecule has 0 saturated heterocycles. The lowest BCUT2D eigenvalue weighted by Gasteiger charge is -2.31. The van der Waals surface area contributed by atoms with E-state index in [1.54, 1.807) is 11.3 Å². The van der Waals surface area contributed by atoms with Crippen LogP contribution in [0.3, 0.4) is 0 Å². The maximum absolute atomic E-state index is 11.7. The Hall–Kier alpha value is 0.340. The van der Waals surface area contributed by atoms with Gasteiger partial charge in [0, 0.05) is 12.3 Å². The van der Waals surface area contributed by atoms with Gasteiger partial charge in [-0.2, -0.15) is 0 Å². The van der Waals surface area contributed by atoms with Crippen molar-refractivity contribution >= 4 is 43.8 Å². The van der Waals surface area contributed by atoms with Crippen molar-refractivity contribution in [2.45, 2.75) is 37.0 Å². The van der Waals surface area contributed by atoms with Crippen LogP contribution in [0.4, 0.5) is 0 Å². The molecule has 0 amide bonds. The van der Waals surface area contributed by atoms with E-state index in [2.05, 4.69) is 34.0 Å². The van der Waals surface area contributed by atoms with Crippen LogP contribution in [0.2, 0.25) is 0 Å². The highest BCUT2D eigenvalue weighted by atomic mass is 127. The molecular weight excluding hydrogens is 381 g/mol. The molecule has 0 bridgehead atoms. The van der Waals surface area contributed by atoms with E-state index in [9.17, 15) is 8.42 Å². The second kappa shape index (κ2) is 5.76. The summed E-state index contributed by atoms with van der Waals surface area (Å²) in [5.74, 6) is 0.295. The number of thiophene rings is 1. The molecule has 3 unspecified atom stereocenters. The Labute approximate surface area is 126 Å². The Balaban J connectivity index is 2.09. The highest BCUT2D eigenvalue weighted by molar-refractivity contribution is 14.1. The van der Waals surface area contributed by atoms with Gasteiger partial charge in [-0.15, -0.1) is 11.3 Å². The van der Waals surface area contributed by atoms with Crippen molar-refractivity contribution in [2.75, 3.05) is 6.26 Å². The minimum atomic E-state index is -2.92. The number of rotatable bonds is 3. The zero-order valence-corrected chi connectivity index (χ0v) is 14.1.